The van der Waals surface area contributed by atoms with Crippen LogP contribution in [0.3, 0.4) is 0 Å². The monoisotopic (exact) mass is 241 g/mol. The summed E-state index contributed by atoms with van der Waals surface area (Å²) in [6.45, 7) is 6.25. The van der Waals surface area contributed by atoms with Gasteiger partial charge in [-0.25, -0.2) is 5.43 Å². The normalized spacial score (nSPS) is 12.4. The fourth-order valence-electron chi connectivity index (χ4n) is 2.35. The first-order chi connectivity index (χ1) is 8.61. The standard InChI is InChI=1S/C15H19N3/c1-10-6-11(2)8-13(7-10)15(18-16)14-4-5-17-9-12(14)3/h4-9,15,18H,16H2,1-3H3. The molecular formula is C15H19N3. The van der Waals surface area contributed by atoms with E-state index in [0.29, 0.717) is 0 Å². The smallest absolute Gasteiger partial charge is 0.0713 e. The van der Waals surface area contributed by atoms with E-state index < -0.39 is 0 Å². The van der Waals surface area contributed by atoms with Gasteiger partial charge in [-0.1, -0.05) is 29.3 Å². The zero-order chi connectivity index (χ0) is 13.1. The molecule has 0 fully saturated rings. The average Bonchev–Trinajstić information content (AvgIpc) is 2.31. The summed E-state index contributed by atoms with van der Waals surface area (Å²) in [7, 11) is 0. The first-order valence-electron chi connectivity index (χ1n) is 6.06. The Balaban J connectivity index is 2.48. The van der Waals surface area contributed by atoms with Gasteiger partial charge < -0.3 is 0 Å². The van der Waals surface area contributed by atoms with E-state index >= 15 is 0 Å². The highest BCUT2D eigenvalue weighted by Gasteiger charge is 2.14. The van der Waals surface area contributed by atoms with Gasteiger partial charge in [-0.3, -0.25) is 10.8 Å². The van der Waals surface area contributed by atoms with Gasteiger partial charge in [-0.15, -0.1) is 0 Å². The van der Waals surface area contributed by atoms with Crippen LogP contribution in [-0.2, 0) is 0 Å². The third-order valence-electron chi connectivity index (χ3n) is 3.12. The molecule has 0 aliphatic rings. The van der Waals surface area contributed by atoms with Crippen LogP contribution < -0.4 is 11.3 Å². The molecule has 1 heterocycles. The molecule has 1 unspecified atom stereocenters. The van der Waals surface area contributed by atoms with Crippen LogP contribution in [0.5, 0.6) is 0 Å². The molecule has 1 aromatic heterocycles. The van der Waals surface area contributed by atoms with E-state index in [0.717, 1.165) is 11.1 Å². The van der Waals surface area contributed by atoms with Crippen molar-refractivity contribution in [1.29, 1.82) is 0 Å². The Morgan fingerprint density at radius 1 is 1.11 bits per heavy atom. The number of aryl methyl sites for hydroxylation is 3. The second-order valence-electron chi connectivity index (χ2n) is 4.75. The van der Waals surface area contributed by atoms with E-state index in [1.165, 1.54) is 16.7 Å². The Labute approximate surface area is 108 Å². The van der Waals surface area contributed by atoms with Crippen molar-refractivity contribution in [2.45, 2.75) is 26.8 Å². The quantitative estimate of drug-likeness (QED) is 0.641. The van der Waals surface area contributed by atoms with Crippen LogP contribution in [0.25, 0.3) is 0 Å². The van der Waals surface area contributed by atoms with Gasteiger partial charge in [-0.2, -0.15) is 0 Å². The number of nitrogens with one attached hydrogen (secondary N) is 1. The first-order valence-corrected chi connectivity index (χ1v) is 6.06. The molecule has 3 nitrogen and oxygen atoms in total. The lowest BCUT2D eigenvalue weighted by molar-refractivity contribution is 0.632. The number of rotatable bonds is 3. The summed E-state index contributed by atoms with van der Waals surface area (Å²) in [5, 5.41) is 0. The number of hydrazine groups is 1. The molecule has 0 saturated heterocycles. The van der Waals surface area contributed by atoms with Crippen molar-refractivity contribution in [2.24, 2.45) is 5.84 Å². The summed E-state index contributed by atoms with van der Waals surface area (Å²) in [5.74, 6) is 5.74. The zero-order valence-corrected chi connectivity index (χ0v) is 11.1. The van der Waals surface area contributed by atoms with Crippen LogP contribution in [0, 0.1) is 20.8 Å². The molecule has 0 aliphatic heterocycles. The van der Waals surface area contributed by atoms with Crippen LogP contribution in [0.4, 0.5) is 0 Å². The van der Waals surface area contributed by atoms with E-state index in [2.05, 4.69) is 49.4 Å². The van der Waals surface area contributed by atoms with E-state index in [9.17, 15) is 0 Å². The number of nitrogens with two attached hydrogens (primary N) is 1. The Hall–Kier alpha value is -1.71. The third-order valence-corrected chi connectivity index (χ3v) is 3.12. The lowest BCUT2D eigenvalue weighted by Gasteiger charge is -2.19. The first kappa shape index (κ1) is 12.7. The minimum absolute atomic E-state index is 0.00611. The lowest BCUT2D eigenvalue weighted by Crippen LogP contribution is -2.29. The van der Waals surface area contributed by atoms with Crippen molar-refractivity contribution >= 4 is 0 Å². The van der Waals surface area contributed by atoms with Crippen molar-refractivity contribution in [3.63, 3.8) is 0 Å². The summed E-state index contributed by atoms with van der Waals surface area (Å²) in [6.07, 6.45) is 3.66. The maximum Gasteiger partial charge on any atom is 0.0713 e. The highest BCUT2D eigenvalue weighted by molar-refractivity contribution is 5.38. The van der Waals surface area contributed by atoms with Gasteiger partial charge in [0.25, 0.3) is 0 Å². The molecule has 3 N–H and O–H groups in total. The summed E-state index contributed by atoms with van der Waals surface area (Å²) in [6, 6.07) is 8.51. The summed E-state index contributed by atoms with van der Waals surface area (Å²) in [4.78, 5) is 4.12. The Morgan fingerprint density at radius 2 is 1.78 bits per heavy atom. The molecule has 0 radical (unpaired) electrons. The Kier molecular flexibility index (Phi) is 3.75. The maximum atomic E-state index is 5.74. The maximum absolute atomic E-state index is 5.74. The summed E-state index contributed by atoms with van der Waals surface area (Å²) >= 11 is 0. The summed E-state index contributed by atoms with van der Waals surface area (Å²) < 4.78 is 0. The predicted molar refractivity (Wildman–Crippen MR) is 74.1 cm³/mol. The fraction of sp³-hybridized carbons (Fsp3) is 0.267. The van der Waals surface area contributed by atoms with Crippen LogP contribution in [0.15, 0.2) is 36.7 Å². The van der Waals surface area contributed by atoms with Gasteiger partial charge in [-0.05, 0) is 43.5 Å². The van der Waals surface area contributed by atoms with Gasteiger partial charge in [0.15, 0.2) is 0 Å². The van der Waals surface area contributed by atoms with Gasteiger partial charge in [0.2, 0.25) is 0 Å². The highest BCUT2D eigenvalue weighted by Crippen LogP contribution is 2.25. The Bertz CT molecular complexity index is 529. The molecule has 0 spiro atoms. The van der Waals surface area contributed by atoms with Gasteiger partial charge >= 0.3 is 0 Å². The van der Waals surface area contributed by atoms with Gasteiger partial charge in [0.1, 0.15) is 0 Å². The number of pyridine rings is 1. The van der Waals surface area contributed by atoms with E-state index in [4.69, 9.17) is 5.84 Å². The molecule has 1 atom stereocenters. The average molecular weight is 241 g/mol. The van der Waals surface area contributed by atoms with Crippen LogP contribution in [0.1, 0.15) is 33.9 Å². The minimum Gasteiger partial charge on any atom is -0.271 e. The highest BCUT2D eigenvalue weighted by atomic mass is 15.2. The molecule has 3 heteroatoms. The van der Waals surface area contributed by atoms with Crippen molar-refractivity contribution in [3.05, 3.63) is 64.5 Å². The number of nitrogens with zero attached hydrogens (tertiary/aromatic N) is 1. The van der Waals surface area contributed by atoms with Crippen LogP contribution in [-0.4, -0.2) is 4.98 Å². The molecular weight excluding hydrogens is 222 g/mol. The molecule has 94 valence electrons. The van der Waals surface area contributed by atoms with Crippen molar-refractivity contribution in [2.75, 3.05) is 0 Å². The molecule has 1 aromatic carbocycles. The molecule has 2 rings (SSSR count). The fourth-order valence-corrected chi connectivity index (χ4v) is 2.35. The minimum atomic E-state index is 0.00611. The van der Waals surface area contributed by atoms with Crippen molar-refractivity contribution < 1.29 is 0 Å². The lowest BCUT2D eigenvalue weighted by atomic mass is 9.94. The van der Waals surface area contributed by atoms with Gasteiger partial charge in [0, 0.05) is 12.4 Å². The van der Waals surface area contributed by atoms with Crippen molar-refractivity contribution in [1.82, 2.24) is 10.4 Å². The molecule has 2 aromatic rings. The predicted octanol–water partition coefficient (Wildman–Crippen LogP) is 2.56. The van der Waals surface area contributed by atoms with E-state index in [1.807, 2.05) is 12.3 Å². The number of hydrogen-bond acceptors (Lipinski definition) is 3. The molecule has 0 amide bonds. The zero-order valence-electron chi connectivity index (χ0n) is 11.1. The molecule has 0 bridgehead atoms. The largest absolute Gasteiger partial charge is 0.271 e. The third kappa shape index (κ3) is 2.58. The molecule has 0 saturated carbocycles. The number of hydrogen-bond donors (Lipinski definition) is 2. The second-order valence-corrected chi connectivity index (χ2v) is 4.75. The van der Waals surface area contributed by atoms with E-state index in [-0.39, 0.29) is 6.04 Å². The van der Waals surface area contributed by atoms with E-state index in [1.54, 1.807) is 6.20 Å². The summed E-state index contributed by atoms with van der Waals surface area (Å²) in [5.41, 5.74) is 8.88. The number of aromatic nitrogens is 1. The SMILES string of the molecule is Cc1cc(C)cc(C(NN)c2ccncc2C)c1. The van der Waals surface area contributed by atoms with Crippen molar-refractivity contribution in [3.8, 4) is 0 Å². The molecule has 18 heavy (non-hydrogen) atoms. The topological polar surface area (TPSA) is 50.9 Å². The van der Waals surface area contributed by atoms with Crippen LogP contribution >= 0.6 is 0 Å². The second kappa shape index (κ2) is 5.29. The van der Waals surface area contributed by atoms with Gasteiger partial charge in [0.05, 0.1) is 6.04 Å². The molecule has 0 aliphatic carbocycles. The Morgan fingerprint density at radius 3 is 2.33 bits per heavy atom. The van der Waals surface area contributed by atoms with Crippen LogP contribution in [0.2, 0.25) is 0 Å². The number of benzene rings is 1.